The Hall–Kier alpha value is -0.570. The van der Waals surface area contributed by atoms with E-state index in [0.29, 0.717) is 17.8 Å². The van der Waals surface area contributed by atoms with Gasteiger partial charge in [0.05, 0.1) is 0 Å². The second kappa shape index (κ2) is 4.74. The summed E-state index contributed by atoms with van der Waals surface area (Å²) in [6, 6.07) is 0. The van der Waals surface area contributed by atoms with Gasteiger partial charge in [-0.3, -0.25) is 4.79 Å². The third-order valence-electron chi connectivity index (χ3n) is 4.13. The Morgan fingerprint density at radius 1 is 1.31 bits per heavy atom. The largest absolute Gasteiger partial charge is 0.481 e. The molecule has 2 aliphatic rings. The number of rotatable bonds is 4. The van der Waals surface area contributed by atoms with Crippen LogP contribution in [-0.2, 0) is 4.79 Å². The maximum absolute atomic E-state index is 10.6. The first-order valence-corrected chi connectivity index (χ1v) is 6.54. The molecule has 1 aliphatic heterocycles. The van der Waals surface area contributed by atoms with Crippen LogP contribution in [-0.4, -0.2) is 35.6 Å². The van der Waals surface area contributed by atoms with Gasteiger partial charge in [-0.25, -0.2) is 0 Å². The van der Waals surface area contributed by atoms with Crippen LogP contribution in [0.15, 0.2) is 0 Å². The Bertz CT molecular complexity index is 251. The number of likely N-dealkylation sites (tertiary alicyclic amines) is 1. The Morgan fingerprint density at radius 2 is 1.94 bits per heavy atom. The van der Waals surface area contributed by atoms with E-state index in [9.17, 15) is 4.79 Å². The lowest BCUT2D eigenvalue weighted by molar-refractivity contribution is -0.138. The summed E-state index contributed by atoms with van der Waals surface area (Å²) in [4.78, 5) is 13.0. The molecule has 0 aromatic carbocycles. The lowest BCUT2D eigenvalue weighted by Gasteiger charge is -2.53. The molecule has 92 valence electrons. The van der Waals surface area contributed by atoms with Crippen molar-refractivity contribution in [2.45, 2.75) is 45.4 Å². The number of nitrogens with zero attached hydrogens (tertiary/aromatic N) is 1. The second-order valence-electron chi connectivity index (χ2n) is 5.93. The average Bonchev–Trinajstić information content (AvgIpc) is 2.15. The number of carboxylic acid groups (broad SMARTS) is 1. The maximum Gasteiger partial charge on any atom is 0.303 e. The topological polar surface area (TPSA) is 40.5 Å². The molecule has 1 heterocycles. The van der Waals surface area contributed by atoms with Gasteiger partial charge in [-0.15, -0.1) is 0 Å². The molecule has 1 saturated carbocycles. The van der Waals surface area contributed by atoms with Crippen LogP contribution in [0.3, 0.4) is 0 Å². The lowest BCUT2D eigenvalue weighted by atomic mass is 9.68. The third kappa shape index (κ3) is 2.76. The van der Waals surface area contributed by atoms with Gasteiger partial charge in [0.2, 0.25) is 0 Å². The SMILES string of the molecule is CC(CC(=O)O)CN1CC2(CCCCC2)C1. The first-order chi connectivity index (χ1) is 7.60. The highest BCUT2D eigenvalue weighted by Gasteiger charge is 2.43. The molecule has 1 unspecified atom stereocenters. The van der Waals surface area contributed by atoms with Gasteiger partial charge in [0.1, 0.15) is 0 Å². The third-order valence-corrected chi connectivity index (χ3v) is 4.13. The van der Waals surface area contributed by atoms with Crippen molar-refractivity contribution in [2.75, 3.05) is 19.6 Å². The highest BCUT2D eigenvalue weighted by molar-refractivity contribution is 5.66. The maximum atomic E-state index is 10.6. The molecule has 1 aliphatic carbocycles. The molecule has 3 heteroatoms. The molecule has 0 aromatic heterocycles. The molecule has 1 spiro atoms. The molecule has 0 radical (unpaired) electrons. The van der Waals surface area contributed by atoms with Crippen molar-refractivity contribution in [3.05, 3.63) is 0 Å². The molecule has 1 N–H and O–H groups in total. The number of carbonyl (C=O) groups is 1. The molecular formula is C13H23NO2. The van der Waals surface area contributed by atoms with Crippen molar-refractivity contribution < 1.29 is 9.90 Å². The zero-order chi connectivity index (χ0) is 11.6. The fourth-order valence-corrected chi connectivity index (χ4v) is 3.45. The Labute approximate surface area is 97.8 Å². The number of carboxylic acids is 1. The smallest absolute Gasteiger partial charge is 0.303 e. The molecule has 0 aromatic rings. The summed E-state index contributed by atoms with van der Waals surface area (Å²) in [6.07, 6.45) is 7.32. The standard InChI is InChI=1S/C13H23NO2/c1-11(7-12(15)16)8-14-9-13(10-14)5-3-2-4-6-13/h11H,2-10H2,1H3,(H,15,16). The second-order valence-corrected chi connectivity index (χ2v) is 5.93. The normalized spacial score (nSPS) is 26.3. The van der Waals surface area contributed by atoms with Crippen LogP contribution in [0, 0.1) is 11.3 Å². The van der Waals surface area contributed by atoms with Crippen LogP contribution in [0.25, 0.3) is 0 Å². The first kappa shape index (κ1) is 11.9. The molecule has 3 nitrogen and oxygen atoms in total. The lowest BCUT2D eigenvalue weighted by Crippen LogP contribution is -2.57. The molecule has 1 atom stereocenters. The predicted molar refractivity (Wildman–Crippen MR) is 63.4 cm³/mol. The fourth-order valence-electron chi connectivity index (χ4n) is 3.45. The van der Waals surface area contributed by atoms with Crippen LogP contribution >= 0.6 is 0 Å². The van der Waals surface area contributed by atoms with E-state index in [1.54, 1.807) is 0 Å². The summed E-state index contributed by atoms with van der Waals surface area (Å²) in [5.41, 5.74) is 0.626. The molecule has 2 fully saturated rings. The first-order valence-electron chi connectivity index (χ1n) is 6.54. The number of aliphatic carboxylic acids is 1. The Kier molecular flexibility index (Phi) is 3.53. The Morgan fingerprint density at radius 3 is 2.50 bits per heavy atom. The van der Waals surface area contributed by atoms with Gasteiger partial charge in [0.15, 0.2) is 0 Å². The number of hydrogen-bond donors (Lipinski definition) is 1. The minimum atomic E-state index is -0.666. The van der Waals surface area contributed by atoms with Gasteiger partial charge in [-0.2, -0.15) is 0 Å². The van der Waals surface area contributed by atoms with E-state index in [4.69, 9.17) is 5.11 Å². The van der Waals surface area contributed by atoms with Crippen LogP contribution in [0.2, 0.25) is 0 Å². The predicted octanol–water partition coefficient (Wildman–Crippen LogP) is 2.36. The van der Waals surface area contributed by atoms with Gasteiger partial charge < -0.3 is 10.0 Å². The van der Waals surface area contributed by atoms with E-state index in [1.165, 1.54) is 45.2 Å². The molecule has 0 amide bonds. The molecular weight excluding hydrogens is 202 g/mol. The van der Waals surface area contributed by atoms with Crippen LogP contribution in [0.1, 0.15) is 45.4 Å². The highest BCUT2D eigenvalue weighted by Crippen LogP contribution is 2.43. The van der Waals surface area contributed by atoms with E-state index in [-0.39, 0.29) is 0 Å². The van der Waals surface area contributed by atoms with Gasteiger partial charge in [-0.1, -0.05) is 26.2 Å². The molecule has 16 heavy (non-hydrogen) atoms. The van der Waals surface area contributed by atoms with E-state index in [0.717, 1.165) is 6.54 Å². The van der Waals surface area contributed by atoms with Crippen molar-refractivity contribution in [2.24, 2.45) is 11.3 Å². The fraction of sp³-hybridized carbons (Fsp3) is 0.923. The van der Waals surface area contributed by atoms with Gasteiger partial charge in [-0.05, 0) is 24.2 Å². The summed E-state index contributed by atoms with van der Waals surface area (Å²) in [5, 5.41) is 8.71. The van der Waals surface area contributed by atoms with Gasteiger partial charge in [0, 0.05) is 26.1 Å². The van der Waals surface area contributed by atoms with E-state index in [1.807, 2.05) is 6.92 Å². The number of hydrogen-bond acceptors (Lipinski definition) is 2. The zero-order valence-corrected chi connectivity index (χ0v) is 10.2. The Balaban J connectivity index is 1.69. The summed E-state index contributed by atoms with van der Waals surface area (Å²) < 4.78 is 0. The van der Waals surface area contributed by atoms with E-state index in [2.05, 4.69) is 4.90 Å². The van der Waals surface area contributed by atoms with Crippen molar-refractivity contribution in [1.29, 1.82) is 0 Å². The van der Waals surface area contributed by atoms with Crippen LogP contribution in [0.4, 0.5) is 0 Å². The average molecular weight is 225 g/mol. The van der Waals surface area contributed by atoms with Gasteiger partial charge >= 0.3 is 5.97 Å². The summed E-state index contributed by atoms with van der Waals surface area (Å²) in [5.74, 6) is -0.376. The van der Waals surface area contributed by atoms with Crippen LogP contribution in [0.5, 0.6) is 0 Å². The van der Waals surface area contributed by atoms with Crippen molar-refractivity contribution in [1.82, 2.24) is 4.90 Å². The molecule has 0 bridgehead atoms. The minimum absolute atomic E-state index is 0.290. The summed E-state index contributed by atoms with van der Waals surface area (Å²) in [6.45, 7) is 5.45. The van der Waals surface area contributed by atoms with E-state index >= 15 is 0 Å². The molecule has 1 saturated heterocycles. The minimum Gasteiger partial charge on any atom is -0.481 e. The summed E-state index contributed by atoms with van der Waals surface area (Å²) in [7, 11) is 0. The van der Waals surface area contributed by atoms with Crippen LogP contribution < -0.4 is 0 Å². The van der Waals surface area contributed by atoms with Crippen molar-refractivity contribution >= 4 is 5.97 Å². The van der Waals surface area contributed by atoms with Gasteiger partial charge in [0.25, 0.3) is 0 Å². The molecule has 2 rings (SSSR count). The van der Waals surface area contributed by atoms with Crippen molar-refractivity contribution in [3.8, 4) is 0 Å². The highest BCUT2D eigenvalue weighted by atomic mass is 16.4. The quantitative estimate of drug-likeness (QED) is 0.798. The summed E-state index contributed by atoms with van der Waals surface area (Å²) >= 11 is 0. The zero-order valence-electron chi connectivity index (χ0n) is 10.2. The van der Waals surface area contributed by atoms with E-state index < -0.39 is 5.97 Å². The monoisotopic (exact) mass is 225 g/mol. The van der Waals surface area contributed by atoms with Crippen molar-refractivity contribution in [3.63, 3.8) is 0 Å².